The SMILES string of the molecule is O=C(NCCc1cccnc1)[C@@H]1CCC(=O)N(Cc2cccc(C(F)(F)F)c2)C1. The number of likely N-dealkylation sites (tertiary alicyclic amines) is 1. The van der Waals surface area contributed by atoms with E-state index >= 15 is 0 Å². The zero-order valence-corrected chi connectivity index (χ0v) is 15.8. The van der Waals surface area contributed by atoms with Crippen LogP contribution in [0.4, 0.5) is 13.2 Å². The predicted octanol–water partition coefficient (Wildman–Crippen LogP) is 3.20. The van der Waals surface area contributed by atoms with Crippen LogP contribution in [0.5, 0.6) is 0 Å². The number of nitrogens with one attached hydrogen (secondary N) is 1. The molecule has 1 fully saturated rings. The molecule has 0 bridgehead atoms. The molecular formula is C21H22F3N3O2. The van der Waals surface area contributed by atoms with E-state index in [-0.39, 0.29) is 37.2 Å². The fourth-order valence-corrected chi connectivity index (χ4v) is 3.37. The maximum Gasteiger partial charge on any atom is 0.416 e. The number of halogens is 3. The monoisotopic (exact) mass is 405 g/mol. The lowest BCUT2D eigenvalue weighted by Crippen LogP contribution is -2.45. The van der Waals surface area contributed by atoms with Gasteiger partial charge in [0.2, 0.25) is 11.8 Å². The van der Waals surface area contributed by atoms with E-state index in [2.05, 4.69) is 10.3 Å². The summed E-state index contributed by atoms with van der Waals surface area (Å²) in [6.45, 7) is 0.721. The number of nitrogens with zero attached hydrogens (tertiary/aromatic N) is 2. The van der Waals surface area contributed by atoms with E-state index in [0.29, 0.717) is 24.9 Å². The van der Waals surface area contributed by atoms with Crippen molar-refractivity contribution < 1.29 is 22.8 Å². The molecule has 1 atom stereocenters. The number of benzene rings is 1. The fourth-order valence-electron chi connectivity index (χ4n) is 3.37. The smallest absolute Gasteiger partial charge is 0.355 e. The highest BCUT2D eigenvalue weighted by atomic mass is 19.4. The molecule has 1 saturated heterocycles. The summed E-state index contributed by atoms with van der Waals surface area (Å²) in [7, 11) is 0. The molecule has 1 N–H and O–H groups in total. The summed E-state index contributed by atoms with van der Waals surface area (Å²) in [5.74, 6) is -0.662. The zero-order valence-electron chi connectivity index (χ0n) is 15.8. The third kappa shape index (κ3) is 5.79. The maximum absolute atomic E-state index is 12.9. The van der Waals surface area contributed by atoms with Crippen LogP contribution in [0.2, 0.25) is 0 Å². The van der Waals surface area contributed by atoms with Gasteiger partial charge in [-0.2, -0.15) is 13.2 Å². The van der Waals surface area contributed by atoms with Crippen LogP contribution in [0.1, 0.15) is 29.5 Å². The first kappa shape index (κ1) is 20.8. The molecular weight excluding hydrogens is 383 g/mol. The van der Waals surface area contributed by atoms with Crippen LogP contribution in [0, 0.1) is 5.92 Å². The zero-order chi connectivity index (χ0) is 20.9. The van der Waals surface area contributed by atoms with Crippen molar-refractivity contribution in [3.8, 4) is 0 Å². The first-order valence-electron chi connectivity index (χ1n) is 9.43. The number of carbonyl (C=O) groups excluding carboxylic acids is 2. The third-order valence-corrected chi connectivity index (χ3v) is 4.93. The number of hydrogen-bond donors (Lipinski definition) is 1. The third-order valence-electron chi connectivity index (χ3n) is 4.93. The molecule has 0 unspecified atom stereocenters. The lowest BCUT2D eigenvalue weighted by Gasteiger charge is -2.32. The van der Waals surface area contributed by atoms with Crippen molar-refractivity contribution in [2.45, 2.75) is 32.0 Å². The number of pyridine rings is 1. The van der Waals surface area contributed by atoms with Crippen molar-refractivity contribution in [3.05, 3.63) is 65.5 Å². The average molecular weight is 405 g/mol. The van der Waals surface area contributed by atoms with E-state index in [1.54, 1.807) is 18.5 Å². The maximum atomic E-state index is 12.9. The quantitative estimate of drug-likeness (QED) is 0.803. The summed E-state index contributed by atoms with van der Waals surface area (Å²) in [6, 6.07) is 8.69. The van der Waals surface area contributed by atoms with Gasteiger partial charge in [-0.1, -0.05) is 18.2 Å². The Hall–Kier alpha value is -2.90. The molecule has 0 aliphatic carbocycles. The summed E-state index contributed by atoms with van der Waals surface area (Å²) in [6.07, 6.45) is 0.288. The lowest BCUT2D eigenvalue weighted by atomic mass is 9.96. The standard InChI is InChI=1S/C21H22F3N3O2/c22-21(23,24)18-5-1-3-16(11-18)13-27-14-17(6-7-19(27)28)20(29)26-10-8-15-4-2-9-25-12-15/h1-5,9,11-12,17H,6-8,10,13-14H2,(H,26,29)/t17-/m1/s1. The van der Waals surface area contributed by atoms with Gasteiger partial charge in [0.05, 0.1) is 11.5 Å². The van der Waals surface area contributed by atoms with E-state index in [4.69, 9.17) is 0 Å². The van der Waals surface area contributed by atoms with Gasteiger partial charge in [0.25, 0.3) is 0 Å². The van der Waals surface area contributed by atoms with Crippen molar-refractivity contribution in [1.29, 1.82) is 0 Å². The molecule has 1 aromatic heterocycles. The molecule has 0 saturated carbocycles. The normalized spacial score (nSPS) is 17.3. The van der Waals surface area contributed by atoms with Crippen LogP contribution in [0.3, 0.4) is 0 Å². The Balaban J connectivity index is 1.56. The van der Waals surface area contributed by atoms with E-state index in [1.807, 2.05) is 12.1 Å². The number of carbonyl (C=O) groups is 2. The highest BCUT2D eigenvalue weighted by molar-refractivity contribution is 5.83. The summed E-state index contributed by atoms with van der Waals surface area (Å²) < 4.78 is 38.7. The molecule has 154 valence electrons. The van der Waals surface area contributed by atoms with E-state index < -0.39 is 11.7 Å². The van der Waals surface area contributed by atoms with Gasteiger partial charge >= 0.3 is 6.18 Å². The Bertz CT molecular complexity index is 856. The number of amides is 2. The van der Waals surface area contributed by atoms with Crippen molar-refractivity contribution in [1.82, 2.24) is 15.2 Å². The Morgan fingerprint density at radius 2 is 2.00 bits per heavy atom. The summed E-state index contributed by atoms with van der Waals surface area (Å²) in [5, 5.41) is 2.88. The van der Waals surface area contributed by atoms with Crippen molar-refractivity contribution in [2.24, 2.45) is 5.92 Å². The van der Waals surface area contributed by atoms with Crippen LogP contribution < -0.4 is 5.32 Å². The van der Waals surface area contributed by atoms with Crippen molar-refractivity contribution in [3.63, 3.8) is 0 Å². The number of alkyl halides is 3. The molecule has 5 nitrogen and oxygen atoms in total. The van der Waals surface area contributed by atoms with Gasteiger partial charge in [0, 0.05) is 38.4 Å². The average Bonchev–Trinajstić information content (AvgIpc) is 2.70. The van der Waals surface area contributed by atoms with Gasteiger partial charge in [0.15, 0.2) is 0 Å². The van der Waals surface area contributed by atoms with Gasteiger partial charge in [-0.05, 0) is 42.2 Å². The van der Waals surface area contributed by atoms with Gasteiger partial charge in [0.1, 0.15) is 0 Å². The summed E-state index contributed by atoms with van der Waals surface area (Å²) in [5.41, 5.74) is 0.660. The summed E-state index contributed by atoms with van der Waals surface area (Å²) >= 11 is 0. The predicted molar refractivity (Wildman–Crippen MR) is 101 cm³/mol. The van der Waals surface area contributed by atoms with Gasteiger partial charge in [-0.15, -0.1) is 0 Å². The minimum atomic E-state index is -4.43. The molecule has 2 aromatic rings. The molecule has 3 rings (SSSR count). The molecule has 2 heterocycles. The first-order valence-corrected chi connectivity index (χ1v) is 9.43. The minimum Gasteiger partial charge on any atom is -0.355 e. The molecule has 2 amide bonds. The topological polar surface area (TPSA) is 62.3 Å². The fraction of sp³-hybridized carbons (Fsp3) is 0.381. The number of rotatable bonds is 6. The molecule has 29 heavy (non-hydrogen) atoms. The molecule has 0 radical (unpaired) electrons. The van der Waals surface area contributed by atoms with Gasteiger partial charge in [-0.3, -0.25) is 14.6 Å². The van der Waals surface area contributed by atoms with Crippen LogP contribution >= 0.6 is 0 Å². The highest BCUT2D eigenvalue weighted by Gasteiger charge is 2.32. The Morgan fingerprint density at radius 1 is 1.21 bits per heavy atom. The molecule has 1 aromatic carbocycles. The number of piperidine rings is 1. The largest absolute Gasteiger partial charge is 0.416 e. The van der Waals surface area contributed by atoms with E-state index in [9.17, 15) is 22.8 Å². The Labute approximate surface area is 166 Å². The second-order valence-corrected chi connectivity index (χ2v) is 7.11. The van der Waals surface area contributed by atoms with Crippen LogP contribution in [-0.4, -0.2) is 34.8 Å². The first-order chi connectivity index (χ1) is 13.8. The molecule has 8 heteroatoms. The number of hydrogen-bond acceptors (Lipinski definition) is 3. The second-order valence-electron chi connectivity index (χ2n) is 7.11. The summed E-state index contributed by atoms with van der Waals surface area (Å²) in [4.78, 5) is 30.2. The molecule has 1 aliphatic rings. The lowest BCUT2D eigenvalue weighted by molar-refractivity contribution is -0.139. The second kappa shape index (κ2) is 9.07. The van der Waals surface area contributed by atoms with Crippen LogP contribution in [0.15, 0.2) is 48.8 Å². The Morgan fingerprint density at radius 3 is 2.72 bits per heavy atom. The van der Waals surface area contributed by atoms with Crippen molar-refractivity contribution >= 4 is 11.8 Å². The van der Waals surface area contributed by atoms with Gasteiger partial charge < -0.3 is 10.2 Å². The van der Waals surface area contributed by atoms with Crippen LogP contribution in [-0.2, 0) is 28.7 Å². The highest BCUT2D eigenvalue weighted by Crippen LogP contribution is 2.30. The van der Waals surface area contributed by atoms with Crippen LogP contribution in [0.25, 0.3) is 0 Å². The van der Waals surface area contributed by atoms with Gasteiger partial charge in [-0.25, -0.2) is 0 Å². The molecule has 1 aliphatic heterocycles. The van der Waals surface area contributed by atoms with E-state index in [1.165, 1.54) is 11.0 Å². The van der Waals surface area contributed by atoms with Crippen molar-refractivity contribution in [2.75, 3.05) is 13.1 Å². The minimum absolute atomic E-state index is 0.0578. The number of aromatic nitrogens is 1. The Kier molecular flexibility index (Phi) is 6.51. The van der Waals surface area contributed by atoms with E-state index in [0.717, 1.165) is 17.7 Å². The molecule has 0 spiro atoms.